The molecule has 0 aliphatic heterocycles. The summed E-state index contributed by atoms with van der Waals surface area (Å²) in [5.41, 5.74) is 10.9. The molecule has 0 atom stereocenters. The van der Waals surface area contributed by atoms with Crippen LogP contribution in [0.4, 0.5) is 0 Å². The minimum Gasteiger partial charge on any atom is -0.309 e. The van der Waals surface area contributed by atoms with E-state index in [9.17, 15) is 0 Å². The number of benzene rings is 7. The van der Waals surface area contributed by atoms with Crippen LogP contribution < -0.4 is 0 Å². The second kappa shape index (κ2) is 11.7. The van der Waals surface area contributed by atoms with E-state index in [4.69, 9.17) is 9.97 Å². The number of hydrogen-bond acceptors (Lipinski definition) is 3. The van der Waals surface area contributed by atoms with Crippen molar-refractivity contribution in [1.82, 2.24) is 14.5 Å². The second-order valence-corrected chi connectivity index (χ2v) is 13.6. The lowest BCUT2D eigenvalue weighted by atomic mass is 9.98. The van der Waals surface area contributed by atoms with Gasteiger partial charge >= 0.3 is 0 Å². The molecule has 0 spiro atoms. The zero-order valence-corrected chi connectivity index (χ0v) is 27.8. The smallest absolute Gasteiger partial charge is 0.160 e. The molecule has 0 N–H and O–H groups in total. The number of fused-ring (bicyclic) bond motifs is 6. The lowest BCUT2D eigenvalue weighted by Crippen LogP contribution is -1.98. The largest absolute Gasteiger partial charge is 0.309 e. The van der Waals surface area contributed by atoms with Crippen molar-refractivity contribution in [3.8, 4) is 50.7 Å². The number of nitrogens with zero attached hydrogens (tertiary/aromatic N) is 3. The molecule has 7 aromatic carbocycles. The zero-order valence-electron chi connectivity index (χ0n) is 27.0. The van der Waals surface area contributed by atoms with Crippen LogP contribution in [0.25, 0.3) is 92.7 Å². The van der Waals surface area contributed by atoms with Gasteiger partial charge in [0.1, 0.15) is 0 Å². The third-order valence-electron chi connectivity index (χ3n) is 9.64. The van der Waals surface area contributed by atoms with Crippen molar-refractivity contribution < 1.29 is 0 Å². The quantitative estimate of drug-likeness (QED) is 0.185. The molecule has 0 fully saturated rings. The Balaban J connectivity index is 1.19. The summed E-state index contributed by atoms with van der Waals surface area (Å²) in [6.07, 6.45) is 0. The van der Waals surface area contributed by atoms with Gasteiger partial charge in [-0.3, -0.25) is 0 Å². The van der Waals surface area contributed by atoms with E-state index in [1.54, 1.807) is 0 Å². The maximum absolute atomic E-state index is 5.09. The van der Waals surface area contributed by atoms with Crippen LogP contribution in [0, 0.1) is 0 Å². The molecular weight excluding hydrogens is 627 g/mol. The minimum absolute atomic E-state index is 0.708. The van der Waals surface area contributed by atoms with E-state index in [1.165, 1.54) is 53.2 Å². The van der Waals surface area contributed by atoms with E-state index in [1.807, 2.05) is 23.5 Å². The summed E-state index contributed by atoms with van der Waals surface area (Å²) in [6.45, 7) is 0. The van der Waals surface area contributed by atoms with Gasteiger partial charge in [0.05, 0.1) is 28.1 Å². The van der Waals surface area contributed by atoms with Gasteiger partial charge < -0.3 is 4.57 Å². The Labute approximate surface area is 293 Å². The maximum atomic E-state index is 5.09. The molecule has 4 heteroatoms. The first-order valence-electron chi connectivity index (χ1n) is 16.8. The van der Waals surface area contributed by atoms with Gasteiger partial charge in [-0.05, 0) is 35.9 Å². The van der Waals surface area contributed by atoms with Crippen LogP contribution in [0.3, 0.4) is 0 Å². The Morgan fingerprint density at radius 2 is 0.920 bits per heavy atom. The van der Waals surface area contributed by atoms with Crippen LogP contribution in [-0.4, -0.2) is 14.5 Å². The van der Waals surface area contributed by atoms with Gasteiger partial charge in [-0.15, -0.1) is 11.3 Å². The van der Waals surface area contributed by atoms with Gasteiger partial charge in [0.2, 0.25) is 0 Å². The molecule has 3 aromatic heterocycles. The summed E-state index contributed by atoms with van der Waals surface area (Å²) in [7, 11) is 0. The van der Waals surface area contributed by atoms with Crippen molar-refractivity contribution in [2.75, 3.05) is 0 Å². The van der Waals surface area contributed by atoms with Crippen LogP contribution in [0.2, 0.25) is 0 Å². The van der Waals surface area contributed by atoms with Crippen LogP contribution in [0.15, 0.2) is 176 Å². The SMILES string of the molecule is c1ccc(-c2cc(-c3ccccc3)nc(-c3ccc(-c4c(-n5c6ccccc6c6ccccc65)ccc5c4sc4ccccc45)cc3)n2)cc1. The first kappa shape index (κ1) is 28.6. The summed E-state index contributed by atoms with van der Waals surface area (Å²) in [5, 5.41) is 5.08. The van der Waals surface area contributed by atoms with Gasteiger partial charge in [0.25, 0.3) is 0 Å². The zero-order chi connectivity index (χ0) is 33.0. The molecule has 0 saturated carbocycles. The molecule has 0 saturated heterocycles. The molecule has 10 rings (SSSR count). The van der Waals surface area contributed by atoms with Crippen molar-refractivity contribution in [1.29, 1.82) is 0 Å². The Bertz CT molecular complexity index is 2740. The third kappa shape index (κ3) is 4.65. The maximum Gasteiger partial charge on any atom is 0.160 e. The molecule has 0 aliphatic carbocycles. The predicted molar refractivity (Wildman–Crippen MR) is 211 cm³/mol. The van der Waals surface area contributed by atoms with Crippen molar-refractivity contribution in [3.63, 3.8) is 0 Å². The summed E-state index contributed by atoms with van der Waals surface area (Å²) in [5.74, 6) is 0.708. The summed E-state index contributed by atoms with van der Waals surface area (Å²) in [4.78, 5) is 10.2. The van der Waals surface area contributed by atoms with Crippen molar-refractivity contribution >= 4 is 53.3 Å². The first-order chi connectivity index (χ1) is 24.8. The molecule has 0 aliphatic rings. The van der Waals surface area contributed by atoms with Crippen molar-refractivity contribution in [2.24, 2.45) is 0 Å². The minimum atomic E-state index is 0.708. The van der Waals surface area contributed by atoms with Gasteiger partial charge in [-0.2, -0.15) is 0 Å². The van der Waals surface area contributed by atoms with Crippen LogP contribution in [0.5, 0.6) is 0 Å². The Hall–Kier alpha value is -6.36. The predicted octanol–water partition coefficient (Wildman–Crippen LogP) is 12.6. The lowest BCUT2D eigenvalue weighted by Gasteiger charge is -2.16. The number of thiophene rings is 1. The number of rotatable bonds is 5. The summed E-state index contributed by atoms with van der Waals surface area (Å²) < 4.78 is 5.02. The molecule has 50 heavy (non-hydrogen) atoms. The van der Waals surface area contributed by atoms with Crippen LogP contribution in [-0.2, 0) is 0 Å². The fourth-order valence-corrected chi connectivity index (χ4v) is 8.57. The highest BCUT2D eigenvalue weighted by Crippen LogP contribution is 2.45. The van der Waals surface area contributed by atoms with Gasteiger partial charge in [0, 0.05) is 53.2 Å². The van der Waals surface area contributed by atoms with E-state index in [0.29, 0.717) is 5.82 Å². The topological polar surface area (TPSA) is 30.7 Å². The first-order valence-corrected chi connectivity index (χ1v) is 17.7. The third-order valence-corrected chi connectivity index (χ3v) is 10.8. The Morgan fingerprint density at radius 1 is 0.400 bits per heavy atom. The fourth-order valence-electron chi connectivity index (χ4n) is 7.30. The van der Waals surface area contributed by atoms with Crippen LogP contribution in [0.1, 0.15) is 0 Å². The number of aromatic nitrogens is 3. The van der Waals surface area contributed by atoms with E-state index in [-0.39, 0.29) is 0 Å². The summed E-state index contributed by atoms with van der Waals surface area (Å²) in [6, 6.07) is 62.4. The molecule has 234 valence electrons. The molecule has 0 unspecified atom stereocenters. The van der Waals surface area contributed by atoms with E-state index < -0.39 is 0 Å². The molecule has 0 radical (unpaired) electrons. The monoisotopic (exact) mass is 655 g/mol. The normalized spacial score (nSPS) is 11.6. The molecular formula is C46H29N3S. The fraction of sp³-hybridized carbons (Fsp3) is 0. The molecule has 0 bridgehead atoms. The van der Waals surface area contributed by atoms with Crippen molar-refractivity contribution in [2.45, 2.75) is 0 Å². The van der Waals surface area contributed by atoms with E-state index in [2.05, 4.69) is 168 Å². The average Bonchev–Trinajstić information content (AvgIpc) is 3.74. The highest BCUT2D eigenvalue weighted by molar-refractivity contribution is 7.26. The van der Waals surface area contributed by atoms with Gasteiger partial charge in [-0.25, -0.2) is 9.97 Å². The van der Waals surface area contributed by atoms with Gasteiger partial charge in [-0.1, -0.05) is 146 Å². The lowest BCUT2D eigenvalue weighted by molar-refractivity contribution is 1.18. The van der Waals surface area contributed by atoms with Gasteiger partial charge in [0.15, 0.2) is 5.82 Å². The molecule has 10 aromatic rings. The molecule has 3 nitrogen and oxygen atoms in total. The summed E-state index contributed by atoms with van der Waals surface area (Å²) >= 11 is 1.87. The van der Waals surface area contributed by atoms with Crippen LogP contribution >= 0.6 is 11.3 Å². The number of para-hydroxylation sites is 2. The highest BCUT2D eigenvalue weighted by atomic mass is 32.1. The molecule has 0 amide bonds. The van der Waals surface area contributed by atoms with Crippen molar-refractivity contribution in [3.05, 3.63) is 176 Å². The standard InChI is InChI=1S/C46H29N3S/c1-3-13-30(14-4-1)38-29-39(31-15-5-2-6-16-31)48-46(47-38)33-25-23-32(24-26-33)44-42(28-27-37-36-19-9-12-22-43(36)50-45(37)44)49-40-20-10-7-17-34(40)35-18-8-11-21-41(35)49/h1-29H. The Kier molecular flexibility index (Phi) is 6.68. The molecule has 3 heterocycles. The second-order valence-electron chi connectivity index (χ2n) is 12.6. The average molecular weight is 656 g/mol. The van der Waals surface area contributed by atoms with E-state index in [0.717, 1.165) is 33.6 Å². The Morgan fingerprint density at radius 3 is 1.54 bits per heavy atom. The number of hydrogen-bond donors (Lipinski definition) is 0. The highest BCUT2D eigenvalue weighted by Gasteiger charge is 2.20. The van der Waals surface area contributed by atoms with E-state index >= 15 is 0 Å².